The molecule has 1 aliphatic carbocycles. The molecule has 0 radical (unpaired) electrons. The van der Waals surface area contributed by atoms with Gasteiger partial charge in [-0.1, -0.05) is 0 Å². The normalized spacial score (nSPS) is 21.8. The van der Waals surface area contributed by atoms with E-state index in [1.165, 1.54) is 0 Å². The van der Waals surface area contributed by atoms with Gasteiger partial charge in [-0.2, -0.15) is 10.5 Å². The number of likely N-dealkylation sites (tertiary alicyclic amines) is 1. The fourth-order valence-electron chi connectivity index (χ4n) is 2.21. The Kier molecular flexibility index (Phi) is 3.72. The molecule has 0 aromatic carbocycles. The Morgan fingerprint density at radius 3 is 2.50 bits per heavy atom. The fraction of sp³-hybridized carbons (Fsp3) is 0.769. The van der Waals surface area contributed by atoms with Crippen LogP contribution in [0.2, 0.25) is 0 Å². The van der Waals surface area contributed by atoms with Crippen LogP contribution >= 0.6 is 0 Å². The summed E-state index contributed by atoms with van der Waals surface area (Å²) in [5.74, 6) is 0.0717. The molecular weight excluding hydrogens is 230 g/mol. The summed E-state index contributed by atoms with van der Waals surface area (Å²) in [6.07, 6.45) is 3.59. The van der Waals surface area contributed by atoms with E-state index in [2.05, 4.69) is 12.1 Å². The van der Waals surface area contributed by atoms with Crippen molar-refractivity contribution in [1.29, 1.82) is 10.5 Å². The number of hydrogen-bond donors (Lipinski definition) is 0. The molecule has 0 aromatic rings. The molecule has 2 rings (SSSR count). The van der Waals surface area contributed by atoms with Crippen LogP contribution in [0.5, 0.6) is 0 Å². The molecule has 5 heteroatoms. The van der Waals surface area contributed by atoms with Crippen molar-refractivity contribution in [1.82, 2.24) is 4.90 Å². The average Bonchev–Trinajstić information content (AvgIpc) is 3.17. The second-order valence-corrected chi connectivity index (χ2v) is 5.28. The van der Waals surface area contributed by atoms with Gasteiger partial charge in [0.2, 0.25) is 0 Å². The van der Waals surface area contributed by atoms with Crippen molar-refractivity contribution in [3.63, 3.8) is 0 Å². The first kappa shape index (κ1) is 12.7. The number of nitriles is 2. The highest BCUT2D eigenvalue weighted by molar-refractivity contribution is 5.67. The lowest BCUT2D eigenvalue weighted by molar-refractivity contribution is 0.0746. The summed E-state index contributed by atoms with van der Waals surface area (Å²) in [4.78, 5) is 13.5. The van der Waals surface area contributed by atoms with E-state index in [9.17, 15) is 4.79 Å². The van der Waals surface area contributed by atoms with Crippen molar-refractivity contribution < 1.29 is 9.53 Å². The minimum atomic E-state index is -0.296. The number of nitrogens with zero attached hydrogens (tertiary/aromatic N) is 3. The van der Waals surface area contributed by atoms with Crippen molar-refractivity contribution in [2.24, 2.45) is 11.3 Å². The lowest BCUT2D eigenvalue weighted by atomic mass is 9.99. The molecule has 0 aromatic heterocycles. The molecule has 5 nitrogen and oxygen atoms in total. The molecule has 2 fully saturated rings. The molecule has 96 valence electrons. The summed E-state index contributed by atoms with van der Waals surface area (Å²) in [6, 6.07) is 4.38. The van der Waals surface area contributed by atoms with Gasteiger partial charge in [-0.25, -0.2) is 4.79 Å². The minimum absolute atomic E-state index is 0.0601. The maximum Gasteiger partial charge on any atom is 0.409 e. The van der Waals surface area contributed by atoms with Crippen molar-refractivity contribution in [3.05, 3.63) is 0 Å². The number of carbonyl (C=O) groups excluding carboxylic acids is 1. The van der Waals surface area contributed by atoms with Crippen molar-refractivity contribution >= 4 is 6.09 Å². The molecule has 0 atom stereocenters. The van der Waals surface area contributed by atoms with Crippen LogP contribution < -0.4 is 0 Å². The maximum absolute atomic E-state index is 11.8. The maximum atomic E-state index is 11.8. The van der Waals surface area contributed by atoms with Gasteiger partial charge in [0.1, 0.15) is 0 Å². The first-order valence-electron chi connectivity index (χ1n) is 6.37. The Balaban J connectivity index is 1.73. The second kappa shape index (κ2) is 5.27. The van der Waals surface area contributed by atoms with E-state index < -0.39 is 0 Å². The molecule has 1 saturated heterocycles. The zero-order valence-corrected chi connectivity index (χ0v) is 10.4. The Hall–Kier alpha value is -1.75. The summed E-state index contributed by atoms with van der Waals surface area (Å²) in [7, 11) is 0. The predicted molar refractivity (Wildman–Crippen MR) is 63.2 cm³/mol. The van der Waals surface area contributed by atoms with Gasteiger partial charge in [0, 0.05) is 30.8 Å². The highest BCUT2D eigenvalue weighted by Crippen LogP contribution is 2.48. The third-order valence-corrected chi connectivity index (χ3v) is 3.85. The number of amides is 1. The van der Waals surface area contributed by atoms with Crippen molar-refractivity contribution in [2.45, 2.75) is 32.1 Å². The van der Waals surface area contributed by atoms with Crippen LogP contribution in [0.15, 0.2) is 0 Å². The van der Waals surface area contributed by atoms with E-state index in [1.54, 1.807) is 4.90 Å². The smallest absolute Gasteiger partial charge is 0.409 e. The molecule has 0 unspecified atom stereocenters. The molecule has 0 spiro atoms. The molecule has 1 heterocycles. The van der Waals surface area contributed by atoms with E-state index in [1.807, 2.05) is 0 Å². The summed E-state index contributed by atoms with van der Waals surface area (Å²) < 4.78 is 5.28. The van der Waals surface area contributed by atoms with Crippen molar-refractivity contribution in [3.8, 4) is 12.1 Å². The number of piperidine rings is 1. The van der Waals surface area contributed by atoms with E-state index in [0.29, 0.717) is 26.1 Å². The van der Waals surface area contributed by atoms with Gasteiger partial charge >= 0.3 is 6.09 Å². The summed E-state index contributed by atoms with van der Waals surface area (Å²) >= 11 is 0. The molecule has 0 bridgehead atoms. The van der Waals surface area contributed by atoms with Gasteiger partial charge in [-0.05, 0) is 25.7 Å². The average molecular weight is 247 g/mol. The van der Waals surface area contributed by atoms with Crippen LogP contribution in [0.1, 0.15) is 32.1 Å². The first-order valence-corrected chi connectivity index (χ1v) is 6.37. The SMILES string of the molecule is N#CCC1(COC(=O)N2CCC(C#N)CC2)CC1. The Morgan fingerprint density at radius 2 is 2.00 bits per heavy atom. The zero-order chi connectivity index (χ0) is 13.0. The lowest BCUT2D eigenvalue weighted by Crippen LogP contribution is -2.39. The number of hydrogen-bond acceptors (Lipinski definition) is 4. The largest absolute Gasteiger partial charge is 0.449 e. The number of rotatable bonds is 3. The molecule has 0 N–H and O–H groups in total. The van der Waals surface area contributed by atoms with Gasteiger partial charge in [-0.3, -0.25) is 0 Å². The Morgan fingerprint density at radius 1 is 1.33 bits per heavy atom. The summed E-state index contributed by atoms with van der Waals surface area (Å²) in [5, 5.41) is 17.5. The number of ether oxygens (including phenoxy) is 1. The van der Waals surface area contributed by atoms with E-state index in [-0.39, 0.29) is 17.4 Å². The third kappa shape index (κ3) is 2.92. The monoisotopic (exact) mass is 247 g/mol. The Bertz CT molecular complexity index is 395. The predicted octanol–water partition coefficient (Wildman–Crippen LogP) is 2.05. The summed E-state index contributed by atoms with van der Waals surface area (Å²) in [5.41, 5.74) is -0.0601. The van der Waals surface area contributed by atoms with Gasteiger partial charge in [-0.15, -0.1) is 0 Å². The zero-order valence-electron chi connectivity index (χ0n) is 10.4. The minimum Gasteiger partial charge on any atom is -0.449 e. The number of carbonyl (C=O) groups is 1. The van der Waals surface area contributed by atoms with E-state index >= 15 is 0 Å². The van der Waals surface area contributed by atoms with Crippen LogP contribution in [-0.2, 0) is 4.74 Å². The van der Waals surface area contributed by atoms with Crippen LogP contribution in [-0.4, -0.2) is 30.7 Å². The fourth-order valence-corrected chi connectivity index (χ4v) is 2.21. The molecule has 1 saturated carbocycles. The van der Waals surface area contributed by atoms with E-state index in [4.69, 9.17) is 15.3 Å². The van der Waals surface area contributed by atoms with Crippen molar-refractivity contribution in [2.75, 3.05) is 19.7 Å². The van der Waals surface area contributed by atoms with Crippen LogP contribution in [0.4, 0.5) is 4.79 Å². The quantitative estimate of drug-likeness (QED) is 0.764. The molecule has 2 aliphatic rings. The standard InChI is InChI=1S/C13H17N3O2/c14-6-5-13(3-4-13)10-18-12(17)16-7-1-11(9-15)2-8-16/h11H,1-5,7-8,10H2. The highest BCUT2D eigenvalue weighted by atomic mass is 16.6. The van der Waals surface area contributed by atoms with Crippen LogP contribution in [0, 0.1) is 34.0 Å². The molecule has 1 aliphatic heterocycles. The molecular formula is C13H17N3O2. The lowest BCUT2D eigenvalue weighted by Gasteiger charge is -2.28. The van der Waals surface area contributed by atoms with Gasteiger partial charge in [0.25, 0.3) is 0 Å². The van der Waals surface area contributed by atoms with E-state index in [0.717, 1.165) is 25.7 Å². The topological polar surface area (TPSA) is 77.1 Å². The van der Waals surface area contributed by atoms with Gasteiger partial charge in [0.05, 0.1) is 18.7 Å². The van der Waals surface area contributed by atoms with Crippen LogP contribution in [0.25, 0.3) is 0 Å². The van der Waals surface area contributed by atoms with Gasteiger partial charge in [0.15, 0.2) is 0 Å². The second-order valence-electron chi connectivity index (χ2n) is 5.28. The first-order chi connectivity index (χ1) is 8.69. The highest BCUT2D eigenvalue weighted by Gasteiger charge is 2.44. The van der Waals surface area contributed by atoms with Crippen LogP contribution in [0.3, 0.4) is 0 Å². The third-order valence-electron chi connectivity index (χ3n) is 3.85. The Labute approximate surface area is 107 Å². The van der Waals surface area contributed by atoms with Gasteiger partial charge < -0.3 is 9.64 Å². The molecule has 1 amide bonds. The molecule has 18 heavy (non-hydrogen) atoms. The summed E-state index contributed by atoms with van der Waals surface area (Å²) in [6.45, 7) is 1.56.